The standard InChI is InChI=1S/C21H37NO15/c1-6-16(32-3)14(29)15(30)20(33-6)37-18-13(28)11(26)8(4-23)35-21(18)36-17-9(5-24)34-19(31)10(12(17)27)22-7(2)25/h6,8-21,23-24,26-31H,4-5H2,1-3H3,(H,22,25)/t6-,8+,9+,10+,11-,12+,13-,14-,15-,16+,17+,18+,19+,20-,21-/m0/s1. The van der Waals surface area contributed by atoms with Crippen molar-refractivity contribution in [2.75, 3.05) is 20.3 Å². The van der Waals surface area contributed by atoms with E-state index in [9.17, 15) is 45.6 Å². The molecule has 0 saturated carbocycles. The maximum absolute atomic E-state index is 11.5. The van der Waals surface area contributed by atoms with Gasteiger partial charge in [0.15, 0.2) is 18.9 Å². The third-order valence-corrected chi connectivity index (χ3v) is 6.70. The number of methoxy groups -OCH3 is 1. The van der Waals surface area contributed by atoms with E-state index in [1.54, 1.807) is 6.92 Å². The van der Waals surface area contributed by atoms with Crippen molar-refractivity contribution in [2.24, 2.45) is 0 Å². The molecule has 3 aliphatic heterocycles. The first-order valence-corrected chi connectivity index (χ1v) is 11.8. The number of rotatable bonds is 8. The summed E-state index contributed by atoms with van der Waals surface area (Å²) in [6.45, 7) is 1.20. The highest BCUT2D eigenvalue weighted by Gasteiger charge is 2.53. The van der Waals surface area contributed by atoms with Gasteiger partial charge in [0, 0.05) is 14.0 Å². The van der Waals surface area contributed by atoms with Gasteiger partial charge in [-0.2, -0.15) is 0 Å². The van der Waals surface area contributed by atoms with Crippen LogP contribution in [0.25, 0.3) is 0 Å². The van der Waals surface area contributed by atoms with E-state index in [0.717, 1.165) is 6.92 Å². The first-order valence-electron chi connectivity index (χ1n) is 11.8. The molecule has 9 N–H and O–H groups in total. The van der Waals surface area contributed by atoms with Crippen LogP contribution in [0.15, 0.2) is 0 Å². The van der Waals surface area contributed by atoms with Gasteiger partial charge in [0.1, 0.15) is 67.1 Å². The summed E-state index contributed by atoms with van der Waals surface area (Å²) in [7, 11) is 1.32. The summed E-state index contributed by atoms with van der Waals surface area (Å²) in [5.74, 6) is -0.604. The Morgan fingerprint density at radius 1 is 0.757 bits per heavy atom. The summed E-state index contributed by atoms with van der Waals surface area (Å²) in [5, 5.41) is 84.7. The molecular formula is C21H37NO15. The molecule has 0 aromatic rings. The molecule has 0 aromatic carbocycles. The quantitative estimate of drug-likeness (QED) is 0.138. The summed E-state index contributed by atoms with van der Waals surface area (Å²) in [4.78, 5) is 11.5. The van der Waals surface area contributed by atoms with Gasteiger partial charge < -0.3 is 74.6 Å². The molecule has 0 bridgehead atoms. The van der Waals surface area contributed by atoms with E-state index in [1.165, 1.54) is 7.11 Å². The van der Waals surface area contributed by atoms with Crippen LogP contribution in [0.5, 0.6) is 0 Å². The van der Waals surface area contributed by atoms with Crippen molar-refractivity contribution in [3.05, 3.63) is 0 Å². The molecule has 0 spiro atoms. The molecule has 3 heterocycles. The highest BCUT2D eigenvalue weighted by Crippen LogP contribution is 2.33. The van der Waals surface area contributed by atoms with E-state index >= 15 is 0 Å². The SMILES string of the molecule is CO[C@H]1[C@@H](O)[C@H](O)[C@H](O[C@H]2[C@H](O[C@H]3[C@H](O)[C@@H](NC(C)=O)[C@H](O)O[C@@H]3CO)O[C@H](CO)[C@H](O)[C@@H]2O)O[C@H]1C. The molecule has 3 saturated heterocycles. The number of amides is 1. The van der Waals surface area contributed by atoms with Gasteiger partial charge in [-0.3, -0.25) is 4.79 Å². The summed E-state index contributed by atoms with van der Waals surface area (Å²) in [5.41, 5.74) is 0. The zero-order valence-corrected chi connectivity index (χ0v) is 20.5. The van der Waals surface area contributed by atoms with Crippen LogP contribution in [-0.2, 0) is 33.2 Å². The van der Waals surface area contributed by atoms with Crippen LogP contribution >= 0.6 is 0 Å². The van der Waals surface area contributed by atoms with Gasteiger partial charge in [-0.05, 0) is 6.92 Å². The molecule has 216 valence electrons. The Hall–Kier alpha value is -1.09. The topological polar surface area (TPSA) is 246 Å². The Balaban J connectivity index is 1.85. The van der Waals surface area contributed by atoms with E-state index in [-0.39, 0.29) is 0 Å². The highest BCUT2D eigenvalue weighted by molar-refractivity contribution is 5.73. The monoisotopic (exact) mass is 543 g/mol. The number of hydrogen-bond donors (Lipinski definition) is 9. The fraction of sp³-hybridized carbons (Fsp3) is 0.952. The van der Waals surface area contributed by atoms with Crippen molar-refractivity contribution >= 4 is 5.91 Å². The summed E-state index contributed by atoms with van der Waals surface area (Å²) in [6.07, 6.45) is -20.6. The van der Waals surface area contributed by atoms with Crippen LogP contribution < -0.4 is 5.32 Å². The van der Waals surface area contributed by atoms with Gasteiger partial charge in [0.2, 0.25) is 5.91 Å². The molecule has 3 fully saturated rings. The molecule has 0 aliphatic carbocycles. The van der Waals surface area contributed by atoms with Crippen LogP contribution in [0.2, 0.25) is 0 Å². The Labute approximate surface area is 212 Å². The van der Waals surface area contributed by atoms with Gasteiger partial charge in [0.05, 0.1) is 19.3 Å². The second-order valence-electron chi connectivity index (χ2n) is 9.26. The number of carbonyl (C=O) groups excluding carboxylic acids is 1. The van der Waals surface area contributed by atoms with E-state index in [1.807, 2.05) is 0 Å². The number of nitrogens with one attached hydrogen (secondary N) is 1. The van der Waals surface area contributed by atoms with Crippen molar-refractivity contribution in [1.29, 1.82) is 0 Å². The highest BCUT2D eigenvalue weighted by atomic mass is 16.8. The van der Waals surface area contributed by atoms with Crippen LogP contribution in [0, 0.1) is 0 Å². The predicted octanol–water partition coefficient (Wildman–Crippen LogP) is -5.75. The molecule has 16 heteroatoms. The number of carbonyl (C=O) groups is 1. The number of aliphatic hydroxyl groups is 8. The maximum Gasteiger partial charge on any atom is 0.217 e. The molecule has 15 atom stereocenters. The Morgan fingerprint density at radius 3 is 1.92 bits per heavy atom. The van der Waals surface area contributed by atoms with Crippen molar-refractivity contribution < 1.29 is 74.1 Å². The molecule has 3 aliphatic rings. The fourth-order valence-corrected chi connectivity index (χ4v) is 4.71. The molecular weight excluding hydrogens is 506 g/mol. The smallest absolute Gasteiger partial charge is 0.217 e. The third kappa shape index (κ3) is 6.39. The first kappa shape index (κ1) is 30.5. The summed E-state index contributed by atoms with van der Waals surface area (Å²) >= 11 is 0. The lowest BCUT2D eigenvalue weighted by atomic mass is 9.95. The molecule has 16 nitrogen and oxygen atoms in total. The van der Waals surface area contributed by atoms with Crippen LogP contribution in [0.3, 0.4) is 0 Å². The number of aliphatic hydroxyl groups excluding tert-OH is 8. The van der Waals surface area contributed by atoms with Gasteiger partial charge in [0.25, 0.3) is 0 Å². The third-order valence-electron chi connectivity index (χ3n) is 6.70. The molecule has 3 rings (SSSR count). The van der Waals surface area contributed by atoms with Crippen molar-refractivity contribution in [2.45, 2.75) is 106 Å². The lowest BCUT2D eigenvalue weighted by molar-refractivity contribution is -0.382. The Kier molecular flexibility index (Phi) is 10.6. The van der Waals surface area contributed by atoms with Crippen LogP contribution in [0.4, 0.5) is 0 Å². The lowest BCUT2D eigenvalue weighted by Gasteiger charge is -2.48. The van der Waals surface area contributed by atoms with Gasteiger partial charge >= 0.3 is 0 Å². The zero-order chi connectivity index (χ0) is 27.6. The average molecular weight is 544 g/mol. The van der Waals surface area contributed by atoms with Gasteiger partial charge in [-0.1, -0.05) is 0 Å². The van der Waals surface area contributed by atoms with Gasteiger partial charge in [-0.15, -0.1) is 0 Å². The molecule has 0 unspecified atom stereocenters. The zero-order valence-electron chi connectivity index (χ0n) is 20.5. The Morgan fingerprint density at radius 2 is 1.35 bits per heavy atom. The minimum atomic E-state index is -1.79. The summed E-state index contributed by atoms with van der Waals surface area (Å²) in [6, 6.07) is -1.37. The predicted molar refractivity (Wildman–Crippen MR) is 116 cm³/mol. The Bertz CT molecular complexity index is 747. The first-order chi connectivity index (χ1) is 17.4. The van der Waals surface area contributed by atoms with Crippen LogP contribution in [-0.4, -0.2) is 159 Å². The molecule has 0 aromatic heterocycles. The van der Waals surface area contributed by atoms with Crippen molar-refractivity contribution in [1.82, 2.24) is 5.32 Å². The lowest BCUT2D eigenvalue weighted by Crippen LogP contribution is -2.68. The second-order valence-corrected chi connectivity index (χ2v) is 9.26. The van der Waals surface area contributed by atoms with E-state index in [0.29, 0.717) is 0 Å². The average Bonchev–Trinajstić information content (AvgIpc) is 2.85. The van der Waals surface area contributed by atoms with Gasteiger partial charge in [-0.25, -0.2) is 0 Å². The second kappa shape index (κ2) is 12.8. The summed E-state index contributed by atoms with van der Waals surface area (Å²) < 4.78 is 33.0. The number of hydrogen-bond acceptors (Lipinski definition) is 15. The molecule has 0 radical (unpaired) electrons. The maximum atomic E-state index is 11.5. The minimum Gasteiger partial charge on any atom is -0.394 e. The molecule has 37 heavy (non-hydrogen) atoms. The number of ether oxygens (including phenoxy) is 6. The van der Waals surface area contributed by atoms with Crippen LogP contribution in [0.1, 0.15) is 13.8 Å². The van der Waals surface area contributed by atoms with Crippen molar-refractivity contribution in [3.63, 3.8) is 0 Å². The van der Waals surface area contributed by atoms with Crippen molar-refractivity contribution in [3.8, 4) is 0 Å². The van der Waals surface area contributed by atoms with E-state index in [4.69, 9.17) is 28.4 Å². The van der Waals surface area contributed by atoms with E-state index in [2.05, 4.69) is 5.32 Å². The normalized spacial score (nSPS) is 49.0. The fourth-order valence-electron chi connectivity index (χ4n) is 4.71. The largest absolute Gasteiger partial charge is 0.394 e. The molecule has 1 amide bonds. The minimum absolute atomic E-state index is 0.604. The van der Waals surface area contributed by atoms with E-state index < -0.39 is 111 Å².